The third-order valence-corrected chi connectivity index (χ3v) is 3.75. The second kappa shape index (κ2) is 7.55. The molecule has 1 aromatic carbocycles. The maximum atomic E-state index is 13.2. The molecule has 0 bridgehead atoms. The van der Waals surface area contributed by atoms with Gasteiger partial charge in [0.2, 0.25) is 5.91 Å². The number of hydrogen-bond donors (Lipinski definition) is 1. The van der Waals surface area contributed by atoms with Crippen molar-refractivity contribution in [1.29, 1.82) is 0 Å². The summed E-state index contributed by atoms with van der Waals surface area (Å²) in [5.41, 5.74) is 1.55. The van der Waals surface area contributed by atoms with Gasteiger partial charge in [-0.2, -0.15) is 0 Å². The van der Waals surface area contributed by atoms with Gasteiger partial charge in [0.05, 0.1) is 18.7 Å². The maximum absolute atomic E-state index is 13.2. The lowest BCUT2D eigenvalue weighted by molar-refractivity contribution is -0.122. The second-order valence-corrected chi connectivity index (χ2v) is 5.43. The van der Waals surface area contributed by atoms with Crippen LogP contribution in [-0.4, -0.2) is 10.9 Å². The third-order valence-electron chi connectivity index (χ3n) is 3.75. The Morgan fingerprint density at radius 3 is 2.62 bits per heavy atom. The van der Waals surface area contributed by atoms with Crippen LogP contribution in [0.1, 0.15) is 22.9 Å². The minimum Gasteiger partial charge on any atom is -0.467 e. The van der Waals surface area contributed by atoms with Crippen LogP contribution in [0.4, 0.5) is 4.39 Å². The molecule has 1 N–H and O–H groups in total. The molecule has 0 aliphatic carbocycles. The standard InChI is InChI=1S/C19H17FN2O2/c20-15-8-6-14(7-9-15)18(12-16-4-1-2-10-21-16)19(23)22-13-17-5-3-11-24-17/h1-11,18H,12-13H2,(H,22,23). The Morgan fingerprint density at radius 1 is 1.12 bits per heavy atom. The summed E-state index contributed by atoms with van der Waals surface area (Å²) in [5.74, 6) is -0.246. The predicted octanol–water partition coefficient (Wildman–Crippen LogP) is 3.46. The molecule has 0 aliphatic rings. The van der Waals surface area contributed by atoms with Crippen LogP contribution in [0.25, 0.3) is 0 Å². The van der Waals surface area contributed by atoms with Gasteiger partial charge in [-0.3, -0.25) is 9.78 Å². The molecule has 3 rings (SSSR count). The molecule has 24 heavy (non-hydrogen) atoms. The number of aromatic nitrogens is 1. The molecule has 0 fully saturated rings. The monoisotopic (exact) mass is 324 g/mol. The van der Waals surface area contributed by atoms with Crippen LogP contribution in [0.2, 0.25) is 0 Å². The Kier molecular flexibility index (Phi) is 5.01. The quantitative estimate of drug-likeness (QED) is 0.755. The predicted molar refractivity (Wildman–Crippen MR) is 87.6 cm³/mol. The third kappa shape index (κ3) is 4.07. The van der Waals surface area contributed by atoms with Gasteiger partial charge in [-0.1, -0.05) is 18.2 Å². The number of nitrogens with zero attached hydrogens (tertiary/aromatic N) is 1. The van der Waals surface area contributed by atoms with Crippen LogP contribution in [-0.2, 0) is 17.8 Å². The number of carbonyl (C=O) groups excluding carboxylic acids is 1. The van der Waals surface area contributed by atoms with Gasteiger partial charge < -0.3 is 9.73 Å². The highest BCUT2D eigenvalue weighted by Gasteiger charge is 2.22. The lowest BCUT2D eigenvalue weighted by Crippen LogP contribution is -2.30. The summed E-state index contributed by atoms with van der Waals surface area (Å²) in [4.78, 5) is 16.9. The van der Waals surface area contributed by atoms with E-state index in [0.29, 0.717) is 18.7 Å². The number of rotatable bonds is 6. The van der Waals surface area contributed by atoms with Gasteiger partial charge in [0.25, 0.3) is 0 Å². The molecule has 2 heterocycles. The summed E-state index contributed by atoms with van der Waals surface area (Å²) in [7, 11) is 0. The van der Waals surface area contributed by atoms with Gasteiger partial charge in [0.15, 0.2) is 0 Å². The van der Waals surface area contributed by atoms with Gasteiger partial charge in [0.1, 0.15) is 11.6 Å². The molecule has 0 saturated carbocycles. The Balaban J connectivity index is 1.78. The van der Waals surface area contributed by atoms with E-state index in [9.17, 15) is 9.18 Å². The van der Waals surface area contributed by atoms with E-state index in [2.05, 4.69) is 10.3 Å². The summed E-state index contributed by atoms with van der Waals surface area (Å²) in [5, 5.41) is 2.86. The molecule has 2 aromatic heterocycles. The maximum Gasteiger partial charge on any atom is 0.228 e. The summed E-state index contributed by atoms with van der Waals surface area (Å²) in [6.07, 6.45) is 3.70. The van der Waals surface area contributed by atoms with Crippen LogP contribution in [0, 0.1) is 5.82 Å². The molecule has 122 valence electrons. The summed E-state index contributed by atoms with van der Waals surface area (Å²) >= 11 is 0. The normalized spacial score (nSPS) is 11.9. The molecular weight excluding hydrogens is 307 g/mol. The zero-order chi connectivity index (χ0) is 16.8. The first-order valence-electron chi connectivity index (χ1n) is 7.68. The second-order valence-electron chi connectivity index (χ2n) is 5.43. The number of hydrogen-bond acceptors (Lipinski definition) is 3. The average molecular weight is 324 g/mol. The van der Waals surface area contributed by atoms with Crippen molar-refractivity contribution in [2.75, 3.05) is 0 Å². The van der Waals surface area contributed by atoms with E-state index in [0.717, 1.165) is 11.3 Å². The zero-order valence-electron chi connectivity index (χ0n) is 13.0. The first-order valence-corrected chi connectivity index (χ1v) is 7.68. The SMILES string of the molecule is O=C(NCc1ccco1)C(Cc1ccccn1)c1ccc(F)cc1. The molecule has 3 aromatic rings. The number of halogens is 1. The Morgan fingerprint density at radius 2 is 1.96 bits per heavy atom. The van der Waals surface area contributed by atoms with Crippen molar-refractivity contribution in [3.05, 3.63) is 89.9 Å². The average Bonchev–Trinajstić information content (AvgIpc) is 3.13. The minimum atomic E-state index is -0.449. The van der Waals surface area contributed by atoms with Crippen molar-refractivity contribution in [2.45, 2.75) is 18.9 Å². The molecule has 4 nitrogen and oxygen atoms in total. The molecule has 1 amide bonds. The van der Waals surface area contributed by atoms with E-state index in [4.69, 9.17) is 4.42 Å². The fourth-order valence-corrected chi connectivity index (χ4v) is 2.50. The van der Waals surface area contributed by atoms with Crippen molar-refractivity contribution in [2.24, 2.45) is 0 Å². The molecular formula is C19H17FN2O2. The fourth-order valence-electron chi connectivity index (χ4n) is 2.50. The Labute approximate surface area is 139 Å². The van der Waals surface area contributed by atoms with Crippen molar-refractivity contribution in [3.8, 4) is 0 Å². The van der Waals surface area contributed by atoms with E-state index in [1.165, 1.54) is 12.1 Å². The highest BCUT2D eigenvalue weighted by atomic mass is 19.1. The van der Waals surface area contributed by atoms with E-state index in [-0.39, 0.29) is 11.7 Å². The van der Waals surface area contributed by atoms with Gasteiger partial charge in [-0.05, 0) is 42.0 Å². The molecule has 5 heteroatoms. The molecule has 1 unspecified atom stereocenters. The van der Waals surface area contributed by atoms with Crippen LogP contribution in [0.15, 0.2) is 71.5 Å². The fraction of sp³-hybridized carbons (Fsp3) is 0.158. The number of nitrogens with one attached hydrogen (secondary N) is 1. The highest BCUT2D eigenvalue weighted by Crippen LogP contribution is 2.21. The number of benzene rings is 1. The largest absolute Gasteiger partial charge is 0.467 e. The van der Waals surface area contributed by atoms with Crippen molar-refractivity contribution in [1.82, 2.24) is 10.3 Å². The number of carbonyl (C=O) groups is 1. The Hall–Kier alpha value is -2.95. The molecule has 0 radical (unpaired) electrons. The smallest absolute Gasteiger partial charge is 0.228 e. The van der Waals surface area contributed by atoms with E-state index in [1.54, 1.807) is 36.7 Å². The van der Waals surface area contributed by atoms with E-state index in [1.807, 2.05) is 18.2 Å². The molecule has 1 atom stereocenters. The number of amides is 1. The van der Waals surface area contributed by atoms with Crippen molar-refractivity contribution < 1.29 is 13.6 Å². The van der Waals surface area contributed by atoms with E-state index < -0.39 is 5.92 Å². The number of furan rings is 1. The first-order chi connectivity index (χ1) is 11.7. The molecule has 0 spiro atoms. The van der Waals surface area contributed by atoms with E-state index >= 15 is 0 Å². The van der Waals surface area contributed by atoms with Gasteiger partial charge in [0, 0.05) is 18.3 Å². The highest BCUT2D eigenvalue weighted by molar-refractivity contribution is 5.83. The first kappa shape index (κ1) is 15.9. The van der Waals surface area contributed by atoms with Crippen molar-refractivity contribution in [3.63, 3.8) is 0 Å². The minimum absolute atomic E-state index is 0.149. The van der Waals surface area contributed by atoms with Gasteiger partial charge >= 0.3 is 0 Å². The van der Waals surface area contributed by atoms with Crippen molar-refractivity contribution >= 4 is 5.91 Å². The van der Waals surface area contributed by atoms with Crippen LogP contribution in [0.5, 0.6) is 0 Å². The van der Waals surface area contributed by atoms with Crippen LogP contribution < -0.4 is 5.32 Å². The summed E-state index contributed by atoms with van der Waals surface area (Å²) in [6.45, 7) is 0.311. The zero-order valence-corrected chi connectivity index (χ0v) is 13.0. The summed E-state index contributed by atoms with van der Waals surface area (Å²) in [6, 6.07) is 15.1. The van der Waals surface area contributed by atoms with Crippen LogP contribution >= 0.6 is 0 Å². The Bertz CT molecular complexity index is 771. The van der Waals surface area contributed by atoms with Crippen LogP contribution in [0.3, 0.4) is 0 Å². The molecule has 0 aliphatic heterocycles. The summed E-state index contributed by atoms with van der Waals surface area (Å²) < 4.78 is 18.4. The van der Waals surface area contributed by atoms with Gasteiger partial charge in [-0.25, -0.2) is 4.39 Å². The lowest BCUT2D eigenvalue weighted by Gasteiger charge is -2.17. The number of pyridine rings is 1. The topological polar surface area (TPSA) is 55.1 Å². The van der Waals surface area contributed by atoms with Gasteiger partial charge in [-0.15, -0.1) is 0 Å². The lowest BCUT2D eigenvalue weighted by atomic mass is 9.93. The molecule has 0 saturated heterocycles.